The predicted octanol–water partition coefficient (Wildman–Crippen LogP) is 3.18. The summed E-state index contributed by atoms with van der Waals surface area (Å²) in [6.07, 6.45) is 11.8. The molecule has 4 aromatic rings. The number of nitrogens with zero attached hydrogens (tertiary/aromatic N) is 6. The Morgan fingerprint density at radius 2 is 2.00 bits per heavy atom. The van der Waals surface area contributed by atoms with Crippen LogP contribution < -0.4 is 5.73 Å². The smallest absolute Gasteiger partial charge is 0.138 e. The van der Waals surface area contributed by atoms with Gasteiger partial charge in [0.1, 0.15) is 5.65 Å². The number of aliphatic imine (C=N–C) groups is 1. The molecule has 0 bridgehead atoms. The van der Waals surface area contributed by atoms with Gasteiger partial charge in [0.05, 0.1) is 17.4 Å². The quantitative estimate of drug-likeness (QED) is 0.329. The third-order valence-corrected chi connectivity index (χ3v) is 6.39. The molecule has 0 unspecified atom stereocenters. The lowest BCUT2D eigenvalue weighted by molar-refractivity contribution is 0.153. The molecule has 0 aromatic carbocycles. The first-order valence-corrected chi connectivity index (χ1v) is 11.7. The van der Waals surface area contributed by atoms with Crippen molar-refractivity contribution in [1.82, 2.24) is 29.7 Å². The highest BCUT2D eigenvalue weighted by molar-refractivity contribution is 6.12. The maximum Gasteiger partial charge on any atom is 0.138 e. The molecule has 1 aliphatic heterocycles. The van der Waals surface area contributed by atoms with Gasteiger partial charge in [-0.1, -0.05) is 0 Å². The Morgan fingerprint density at radius 1 is 1.12 bits per heavy atom. The largest absolute Gasteiger partial charge is 0.404 e. The van der Waals surface area contributed by atoms with Crippen LogP contribution in [-0.2, 0) is 0 Å². The van der Waals surface area contributed by atoms with Crippen molar-refractivity contribution in [3.8, 4) is 11.3 Å². The van der Waals surface area contributed by atoms with Crippen molar-refractivity contribution in [1.29, 1.82) is 0 Å². The highest BCUT2D eigenvalue weighted by Crippen LogP contribution is 2.29. The van der Waals surface area contributed by atoms with E-state index in [1.807, 2.05) is 36.9 Å². The van der Waals surface area contributed by atoms with Crippen LogP contribution in [0.3, 0.4) is 0 Å². The van der Waals surface area contributed by atoms with Crippen LogP contribution in [0.1, 0.15) is 12.0 Å². The molecule has 5 rings (SSSR count). The van der Waals surface area contributed by atoms with E-state index in [0.717, 1.165) is 90.0 Å². The summed E-state index contributed by atoms with van der Waals surface area (Å²) in [5.74, 6) is 0. The molecule has 5 heterocycles. The van der Waals surface area contributed by atoms with E-state index in [9.17, 15) is 0 Å². The Hall–Kier alpha value is -3.62. The molecule has 0 spiro atoms. The van der Waals surface area contributed by atoms with Crippen molar-refractivity contribution in [3.63, 3.8) is 0 Å². The minimum Gasteiger partial charge on any atom is -0.404 e. The monoisotopic (exact) mass is 454 g/mol. The van der Waals surface area contributed by atoms with Crippen LogP contribution in [0.2, 0.25) is 0 Å². The van der Waals surface area contributed by atoms with E-state index in [-0.39, 0.29) is 0 Å². The minimum absolute atomic E-state index is 0.784. The third kappa shape index (κ3) is 4.83. The second-order valence-electron chi connectivity index (χ2n) is 8.76. The number of likely N-dealkylation sites (N-methyl/N-ethyl adjacent to an activating group) is 1. The van der Waals surface area contributed by atoms with Crippen LogP contribution in [-0.4, -0.2) is 82.3 Å². The number of hydrogen-bond acceptors (Lipinski definition) is 7. The molecule has 8 nitrogen and oxygen atoms in total. The van der Waals surface area contributed by atoms with Crippen molar-refractivity contribution in [2.75, 3.05) is 46.3 Å². The molecule has 4 aromatic heterocycles. The lowest BCUT2D eigenvalue weighted by Crippen LogP contribution is -2.44. The highest BCUT2D eigenvalue weighted by Gasteiger charge is 2.13. The average molecular weight is 455 g/mol. The SMILES string of the molecule is CN1CCN(CCCN=CC(=CN)c2cnc3[nH]c4cnc(-c5cccnc5)cc4c3c2)CC1. The summed E-state index contributed by atoms with van der Waals surface area (Å²) in [5.41, 5.74) is 11.4. The van der Waals surface area contributed by atoms with E-state index in [1.165, 1.54) is 0 Å². The van der Waals surface area contributed by atoms with Crippen LogP contribution in [0.4, 0.5) is 0 Å². The highest BCUT2D eigenvalue weighted by atomic mass is 15.2. The number of aromatic amines is 1. The zero-order valence-corrected chi connectivity index (χ0v) is 19.5. The second-order valence-corrected chi connectivity index (χ2v) is 8.76. The first-order chi connectivity index (χ1) is 16.7. The number of allylic oxidation sites excluding steroid dienone is 1. The van der Waals surface area contributed by atoms with Gasteiger partial charge in [-0.2, -0.15) is 0 Å². The number of hydrogen-bond donors (Lipinski definition) is 2. The van der Waals surface area contributed by atoms with Crippen molar-refractivity contribution in [2.45, 2.75) is 6.42 Å². The molecule has 1 fully saturated rings. The number of rotatable bonds is 7. The standard InChI is InChI=1S/C26H30N8/c1-33-8-10-34(11-9-33)7-3-6-29-16-21(14-27)20-12-23-22-13-24(19-4-2-5-28-15-19)30-18-25(22)32-26(23)31-17-20/h2,4-5,12-18H,3,6-11,27H2,1H3,(H,31,32). The van der Waals surface area contributed by atoms with Gasteiger partial charge in [0.2, 0.25) is 0 Å². The summed E-state index contributed by atoms with van der Waals surface area (Å²) in [7, 11) is 2.18. The number of nitrogens with two attached hydrogens (primary N) is 1. The van der Waals surface area contributed by atoms with Gasteiger partial charge in [0.15, 0.2) is 0 Å². The van der Waals surface area contributed by atoms with Crippen LogP contribution in [0.15, 0.2) is 60.2 Å². The zero-order valence-electron chi connectivity index (χ0n) is 19.5. The number of nitrogens with one attached hydrogen (secondary N) is 1. The lowest BCUT2D eigenvalue weighted by Gasteiger charge is -2.32. The molecule has 3 N–H and O–H groups in total. The van der Waals surface area contributed by atoms with E-state index < -0.39 is 0 Å². The van der Waals surface area contributed by atoms with Crippen LogP contribution in [0, 0.1) is 0 Å². The third-order valence-electron chi connectivity index (χ3n) is 6.39. The summed E-state index contributed by atoms with van der Waals surface area (Å²) in [6, 6.07) is 8.12. The first kappa shape index (κ1) is 22.2. The summed E-state index contributed by atoms with van der Waals surface area (Å²) in [4.78, 5) is 26.3. The molecule has 34 heavy (non-hydrogen) atoms. The van der Waals surface area contributed by atoms with Crippen LogP contribution in [0.25, 0.3) is 38.8 Å². The summed E-state index contributed by atoms with van der Waals surface area (Å²) >= 11 is 0. The fourth-order valence-corrected chi connectivity index (χ4v) is 4.34. The molecule has 1 aliphatic rings. The zero-order chi connectivity index (χ0) is 23.3. The summed E-state index contributed by atoms with van der Waals surface area (Å²) in [5, 5.41) is 2.10. The van der Waals surface area contributed by atoms with Crippen molar-refractivity contribution in [3.05, 3.63) is 60.8 Å². The average Bonchev–Trinajstić information content (AvgIpc) is 3.25. The number of piperazine rings is 1. The lowest BCUT2D eigenvalue weighted by atomic mass is 10.1. The maximum atomic E-state index is 5.96. The fraction of sp³-hybridized carbons (Fsp3) is 0.308. The molecular formula is C26H30N8. The molecule has 0 atom stereocenters. The van der Waals surface area contributed by atoms with E-state index in [2.05, 4.69) is 53.9 Å². The molecule has 0 saturated carbocycles. The second kappa shape index (κ2) is 10.1. The van der Waals surface area contributed by atoms with Crippen LogP contribution in [0.5, 0.6) is 0 Å². The number of aromatic nitrogens is 4. The summed E-state index contributed by atoms with van der Waals surface area (Å²) in [6.45, 7) is 6.44. The normalized spacial score (nSPS) is 16.2. The Kier molecular flexibility index (Phi) is 6.60. The predicted molar refractivity (Wildman–Crippen MR) is 139 cm³/mol. The summed E-state index contributed by atoms with van der Waals surface area (Å²) < 4.78 is 0. The maximum absolute atomic E-state index is 5.96. The fourth-order valence-electron chi connectivity index (χ4n) is 4.34. The number of pyridine rings is 3. The topological polar surface area (TPSA) is 99.3 Å². The molecule has 174 valence electrons. The van der Waals surface area contributed by atoms with Crippen molar-refractivity contribution >= 4 is 33.7 Å². The van der Waals surface area contributed by atoms with Gasteiger partial charge in [-0.15, -0.1) is 0 Å². The Labute approximate surface area is 199 Å². The van der Waals surface area contributed by atoms with Gasteiger partial charge < -0.3 is 20.5 Å². The Morgan fingerprint density at radius 3 is 2.79 bits per heavy atom. The van der Waals surface area contributed by atoms with E-state index in [0.29, 0.717) is 0 Å². The first-order valence-electron chi connectivity index (χ1n) is 11.7. The number of H-pyrrole nitrogens is 1. The van der Waals surface area contributed by atoms with Gasteiger partial charge in [-0.3, -0.25) is 15.0 Å². The molecule has 8 heteroatoms. The van der Waals surface area contributed by atoms with E-state index in [1.54, 1.807) is 12.4 Å². The van der Waals surface area contributed by atoms with Crippen molar-refractivity contribution < 1.29 is 0 Å². The number of fused-ring (bicyclic) bond motifs is 3. The van der Waals surface area contributed by atoms with Gasteiger partial charge in [-0.25, -0.2) is 4.98 Å². The Bertz CT molecular complexity index is 1320. The van der Waals surface area contributed by atoms with Gasteiger partial charge in [-0.05, 0) is 44.3 Å². The molecule has 0 aliphatic carbocycles. The van der Waals surface area contributed by atoms with Crippen molar-refractivity contribution in [2.24, 2.45) is 10.7 Å². The minimum atomic E-state index is 0.784. The van der Waals surface area contributed by atoms with Crippen LogP contribution >= 0.6 is 0 Å². The molecule has 0 radical (unpaired) electrons. The molecule has 0 amide bonds. The van der Waals surface area contributed by atoms with E-state index in [4.69, 9.17) is 5.73 Å². The Balaban J connectivity index is 1.31. The van der Waals surface area contributed by atoms with E-state index >= 15 is 0 Å². The molecular weight excluding hydrogens is 424 g/mol. The van der Waals surface area contributed by atoms with Gasteiger partial charge >= 0.3 is 0 Å². The van der Waals surface area contributed by atoms with Gasteiger partial charge in [0, 0.05) is 91.2 Å². The molecule has 1 saturated heterocycles. The van der Waals surface area contributed by atoms with Gasteiger partial charge in [0.25, 0.3) is 0 Å².